The number of ether oxygens (including phenoxy) is 1. The third-order valence-corrected chi connectivity index (χ3v) is 1.35. The Morgan fingerprint density at radius 3 is 2.62 bits per heavy atom. The van der Waals surface area contributed by atoms with Crippen LogP contribution in [0.2, 0.25) is 0 Å². The quantitative estimate of drug-likeness (QED) is 0.477. The van der Waals surface area contributed by atoms with Gasteiger partial charge in [0.1, 0.15) is 0 Å². The number of hydrogen-bond donors (Lipinski definition) is 0. The van der Waals surface area contributed by atoms with E-state index in [0.29, 0.717) is 11.3 Å². The van der Waals surface area contributed by atoms with Crippen molar-refractivity contribution in [3.8, 4) is 5.75 Å². The van der Waals surface area contributed by atoms with E-state index in [4.69, 9.17) is 4.74 Å². The second kappa shape index (κ2) is 7.70. The van der Waals surface area contributed by atoms with Gasteiger partial charge in [0.15, 0.2) is 0 Å². The van der Waals surface area contributed by atoms with Gasteiger partial charge in [0.25, 0.3) is 0 Å². The first kappa shape index (κ1) is 15.8. The zero-order valence-electron chi connectivity index (χ0n) is 8.23. The fourth-order valence-corrected chi connectivity index (χ4v) is 0.826. The minimum Gasteiger partial charge on any atom is -0.522 e. The first-order valence-electron chi connectivity index (χ1n) is 3.16. The molecule has 0 bridgehead atoms. The van der Waals surface area contributed by atoms with E-state index in [1.807, 2.05) is 0 Å². The van der Waals surface area contributed by atoms with Gasteiger partial charge in [0.05, 0.1) is 7.11 Å². The van der Waals surface area contributed by atoms with Crippen molar-refractivity contribution in [3.63, 3.8) is 0 Å². The van der Waals surface area contributed by atoms with E-state index in [2.05, 4.69) is 12.6 Å². The number of rotatable bonds is 2. The summed E-state index contributed by atoms with van der Waals surface area (Å²) in [5, 5.41) is 0. The van der Waals surface area contributed by atoms with Crippen LogP contribution in [0, 0.1) is 19.3 Å². The maximum atomic E-state index is 12.9. The minimum absolute atomic E-state index is 0. The van der Waals surface area contributed by atoms with E-state index in [9.17, 15) is 4.39 Å². The second-order valence-corrected chi connectivity index (χ2v) is 1.98. The zero-order valence-corrected chi connectivity index (χ0v) is 11.3. The van der Waals surface area contributed by atoms with Crippen LogP contribution in [-0.4, -0.2) is 7.11 Å². The fraction of sp³-hybridized carbons (Fsp3) is 0.100. The van der Waals surface area contributed by atoms with Crippen LogP contribution in [0.4, 0.5) is 4.39 Å². The van der Waals surface area contributed by atoms with Gasteiger partial charge >= 0.3 is 51.4 Å². The van der Waals surface area contributed by atoms with Crippen LogP contribution in [0.15, 0.2) is 18.7 Å². The predicted octanol–water partition coefficient (Wildman–Crippen LogP) is -0.268. The van der Waals surface area contributed by atoms with E-state index >= 15 is 0 Å². The molecular formula is C10H11FKO-. The molecule has 13 heavy (non-hydrogen) atoms. The summed E-state index contributed by atoms with van der Waals surface area (Å²) in [4.78, 5) is 0. The molecule has 66 valence electrons. The average molecular weight is 205 g/mol. The fourth-order valence-electron chi connectivity index (χ4n) is 0.826. The third-order valence-electron chi connectivity index (χ3n) is 1.35. The summed E-state index contributed by atoms with van der Waals surface area (Å²) < 4.78 is 17.7. The van der Waals surface area contributed by atoms with Crippen LogP contribution in [0.1, 0.15) is 5.56 Å². The molecule has 0 saturated heterocycles. The molecule has 0 saturated carbocycles. The summed E-state index contributed by atoms with van der Waals surface area (Å²) in [5.74, 6) is 0.0515. The number of hydrogen-bond acceptors (Lipinski definition) is 1. The second-order valence-electron chi connectivity index (χ2n) is 1.98. The van der Waals surface area contributed by atoms with E-state index in [1.54, 1.807) is 0 Å². The van der Waals surface area contributed by atoms with E-state index < -0.39 is 0 Å². The Kier molecular flexibility index (Phi) is 9.35. The molecular weight excluding hydrogens is 194 g/mol. The van der Waals surface area contributed by atoms with Crippen LogP contribution in [0.25, 0.3) is 6.08 Å². The zero-order chi connectivity index (χ0) is 8.27. The van der Waals surface area contributed by atoms with Gasteiger partial charge in [0.2, 0.25) is 0 Å². The Hall–Kier alpha value is 0.326. The molecule has 0 amide bonds. The third kappa shape index (κ3) is 3.91. The minimum atomic E-state index is -0.337. The smallest absolute Gasteiger partial charge is 0.522 e. The number of halogens is 1. The Balaban J connectivity index is 0. The van der Waals surface area contributed by atoms with Crippen LogP contribution < -0.4 is 56.1 Å². The van der Waals surface area contributed by atoms with Gasteiger partial charge in [-0.25, -0.2) is 4.39 Å². The molecule has 1 aromatic rings. The van der Waals surface area contributed by atoms with Crippen LogP contribution in [0.5, 0.6) is 5.75 Å². The average Bonchev–Trinajstić information content (AvgIpc) is 2.04. The van der Waals surface area contributed by atoms with E-state index in [0.717, 1.165) is 0 Å². The molecule has 0 aromatic heterocycles. The van der Waals surface area contributed by atoms with Crippen LogP contribution in [0.3, 0.4) is 0 Å². The number of methoxy groups -OCH3 is 1. The van der Waals surface area contributed by atoms with Crippen LogP contribution >= 0.6 is 0 Å². The summed E-state index contributed by atoms with van der Waals surface area (Å²) >= 11 is 0. The van der Waals surface area contributed by atoms with Crippen molar-refractivity contribution in [2.45, 2.75) is 0 Å². The van der Waals surface area contributed by atoms with Gasteiger partial charge in [-0.2, -0.15) is 6.07 Å². The van der Waals surface area contributed by atoms with E-state index in [-0.39, 0.29) is 64.6 Å². The molecule has 1 aromatic carbocycles. The van der Waals surface area contributed by atoms with Gasteiger partial charge in [-0.05, 0) is 0 Å². The largest absolute Gasteiger partial charge is 1.00 e. The predicted molar refractivity (Wildman–Crippen MR) is 48.3 cm³/mol. The summed E-state index contributed by atoms with van der Waals surface area (Å²) in [7, 11) is 1.47. The van der Waals surface area contributed by atoms with Crippen molar-refractivity contribution in [2.75, 3.05) is 7.11 Å². The Bertz CT molecular complexity index is 274. The van der Waals surface area contributed by atoms with Crippen molar-refractivity contribution in [1.82, 2.24) is 0 Å². The van der Waals surface area contributed by atoms with Crippen molar-refractivity contribution >= 4 is 6.08 Å². The monoisotopic (exact) mass is 205 g/mol. The normalized spacial score (nSPS) is 7.85. The molecule has 0 fully saturated rings. The van der Waals surface area contributed by atoms with Crippen molar-refractivity contribution in [2.24, 2.45) is 0 Å². The summed E-state index contributed by atoms with van der Waals surface area (Å²) in [6.45, 7) is 3.46. The standard InChI is InChI=1S/C9H8FO.CH3.K/c1-3-7-8(10)5-4-6-9(7)11-2;;/h3-5H,1H2,2H3;1H3;/q2*-1;+1. The van der Waals surface area contributed by atoms with Gasteiger partial charge in [0, 0.05) is 11.6 Å². The SMILES string of the molecule is C=Cc1c(OC)[c-]ccc1F.[CH3-].[K+]. The molecule has 3 heteroatoms. The van der Waals surface area contributed by atoms with Crippen LogP contribution in [-0.2, 0) is 0 Å². The Morgan fingerprint density at radius 2 is 2.23 bits per heavy atom. The van der Waals surface area contributed by atoms with Gasteiger partial charge in [-0.1, -0.05) is 5.56 Å². The topological polar surface area (TPSA) is 9.23 Å². The molecule has 0 radical (unpaired) electrons. The molecule has 1 nitrogen and oxygen atoms in total. The molecule has 0 unspecified atom stereocenters. The molecule has 0 spiro atoms. The van der Waals surface area contributed by atoms with Crippen molar-refractivity contribution in [1.29, 1.82) is 0 Å². The molecule has 0 atom stereocenters. The molecule has 0 aliphatic rings. The Labute approximate surface area is 121 Å². The van der Waals surface area contributed by atoms with Gasteiger partial charge in [-0.3, -0.25) is 0 Å². The summed E-state index contributed by atoms with van der Waals surface area (Å²) in [5.41, 5.74) is 0.356. The molecule has 1 rings (SSSR count). The number of benzene rings is 1. The molecule has 0 aliphatic carbocycles. The van der Waals surface area contributed by atoms with Gasteiger partial charge in [-0.15, -0.1) is 24.8 Å². The maximum Gasteiger partial charge on any atom is 1.00 e. The van der Waals surface area contributed by atoms with Gasteiger partial charge < -0.3 is 12.2 Å². The first-order valence-corrected chi connectivity index (χ1v) is 3.16. The van der Waals surface area contributed by atoms with Crippen molar-refractivity contribution < 1.29 is 60.5 Å². The van der Waals surface area contributed by atoms with Crippen molar-refractivity contribution in [3.05, 3.63) is 43.6 Å². The van der Waals surface area contributed by atoms with E-state index in [1.165, 1.54) is 25.3 Å². The molecule has 0 aliphatic heterocycles. The first-order chi connectivity index (χ1) is 5.29. The maximum absolute atomic E-state index is 12.9. The summed E-state index contributed by atoms with van der Waals surface area (Å²) in [6.07, 6.45) is 1.41. The summed E-state index contributed by atoms with van der Waals surface area (Å²) in [6, 6.07) is 5.54. The molecule has 0 N–H and O–H groups in total. The Morgan fingerprint density at radius 1 is 1.62 bits per heavy atom. The molecule has 0 heterocycles.